The van der Waals surface area contributed by atoms with Crippen LogP contribution in [-0.2, 0) is 14.3 Å². The molecule has 0 atom stereocenters. The van der Waals surface area contributed by atoms with Crippen LogP contribution in [0.5, 0.6) is 0 Å². The minimum absolute atomic E-state index is 0.0468. The van der Waals surface area contributed by atoms with Gasteiger partial charge in [-0.15, -0.1) is 0 Å². The van der Waals surface area contributed by atoms with Crippen LogP contribution >= 0.6 is 24.0 Å². The van der Waals surface area contributed by atoms with Crippen molar-refractivity contribution in [3.05, 3.63) is 40.6 Å². The number of carbonyl (C=O) groups excluding carboxylic acids is 2. The third-order valence-corrected chi connectivity index (χ3v) is 5.56. The fraction of sp³-hybridized carbons (Fsp3) is 0.389. The fourth-order valence-electron chi connectivity index (χ4n) is 2.88. The molecule has 0 unspecified atom stereocenters. The van der Waals surface area contributed by atoms with E-state index in [1.807, 2.05) is 0 Å². The van der Waals surface area contributed by atoms with Crippen LogP contribution in [-0.4, -0.2) is 33.7 Å². The van der Waals surface area contributed by atoms with E-state index in [0.717, 1.165) is 37.4 Å². The predicted molar refractivity (Wildman–Crippen MR) is 99.2 cm³/mol. The zero-order chi connectivity index (χ0) is 17.8. The number of ether oxygens (including phenoxy) is 1. The molecule has 1 saturated carbocycles. The van der Waals surface area contributed by atoms with Crippen molar-refractivity contribution in [2.24, 2.45) is 0 Å². The van der Waals surface area contributed by atoms with E-state index in [0.29, 0.717) is 14.8 Å². The molecule has 0 bridgehead atoms. The minimum Gasteiger partial charge on any atom is -0.461 e. The van der Waals surface area contributed by atoms with Crippen molar-refractivity contribution in [3.8, 4) is 0 Å². The van der Waals surface area contributed by atoms with E-state index in [1.165, 1.54) is 23.5 Å². The molecule has 7 heteroatoms. The van der Waals surface area contributed by atoms with Gasteiger partial charge in [-0.3, -0.25) is 14.5 Å². The van der Waals surface area contributed by atoms with Crippen molar-refractivity contribution in [1.29, 1.82) is 0 Å². The second-order valence-electron chi connectivity index (χ2n) is 6.07. The van der Waals surface area contributed by atoms with Gasteiger partial charge in [0.15, 0.2) is 0 Å². The van der Waals surface area contributed by atoms with Gasteiger partial charge < -0.3 is 4.74 Å². The van der Waals surface area contributed by atoms with Gasteiger partial charge in [0.05, 0.1) is 4.91 Å². The molecule has 0 aromatic heterocycles. The lowest BCUT2D eigenvalue weighted by molar-refractivity contribution is -0.152. The number of thiocarbonyl (C=S) groups is 1. The van der Waals surface area contributed by atoms with Crippen LogP contribution in [0.15, 0.2) is 29.2 Å². The summed E-state index contributed by atoms with van der Waals surface area (Å²) < 4.78 is 18.7. The van der Waals surface area contributed by atoms with Gasteiger partial charge in [0.1, 0.15) is 22.8 Å². The molecule has 0 radical (unpaired) electrons. The number of carbonyl (C=O) groups is 2. The molecule has 2 fully saturated rings. The van der Waals surface area contributed by atoms with Gasteiger partial charge >= 0.3 is 5.97 Å². The van der Waals surface area contributed by atoms with E-state index in [4.69, 9.17) is 17.0 Å². The van der Waals surface area contributed by atoms with E-state index >= 15 is 0 Å². The van der Waals surface area contributed by atoms with Gasteiger partial charge in [0.25, 0.3) is 5.91 Å². The van der Waals surface area contributed by atoms with Crippen molar-refractivity contribution >= 4 is 46.3 Å². The van der Waals surface area contributed by atoms with Crippen LogP contribution in [0.1, 0.15) is 37.7 Å². The largest absolute Gasteiger partial charge is 0.461 e. The first-order chi connectivity index (χ1) is 12.0. The Morgan fingerprint density at radius 2 is 1.96 bits per heavy atom. The summed E-state index contributed by atoms with van der Waals surface area (Å²) in [5.41, 5.74) is 0.701. The Labute approximate surface area is 155 Å². The molecular weight excluding hydrogens is 361 g/mol. The van der Waals surface area contributed by atoms with E-state index in [-0.39, 0.29) is 24.4 Å². The maximum absolute atomic E-state index is 13.0. The lowest BCUT2D eigenvalue weighted by atomic mass is 9.98. The average molecular weight is 379 g/mol. The molecule has 1 aliphatic heterocycles. The quantitative estimate of drug-likeness (QED) is 0.451. The van der Waals surface area contributed by atoms with E-state index < -0.39 is 5.97 Å². The van der Waals surface area contributed by atoms with Crippen molar-refractivity contribution in [1.82, 2.24) is 4.90 Å². The molecule has 4 nitrogen and oxygen atoms in total. The SMILES string of the molecule is O=C(CN1C(=O)C(=Cc2ccc(F)cc2)SC1=S)OC1CCCCC1. The van der Waals surface area contributed by atoms with Crippen LogP contribution in [0.3, 0.4) is 0 Å². The first kappa shape index (κ1) is 18.1. The van der Waals surface area contributed by atoms with Crippen molar-refractivity contribution in [3.63, 3.8) is 0 Å². The van der Waals surface area contributed by atoms with E-state index in [9.17, 15) is 14.0 Å². The first-order valence-electron chi connectivity index (χ1n) is 8.23. The number of amides is 1. The zero-order valence-corrected chi connectivity index (χ0v) is 15.2. The third kappa shape index (κ3) is 4.67. The standard InChI is InChI=1S/C18H18FNO3S2/c19-13-8-6-12(7-9-13)10-15-17(22)20(18(24)25-15)11-16(21)23-14-4-2-1-3-5-14/h6-10,14H,1-5,11H2. The number of rotatable bonds is 4. The van der Waals surface area contributed by atoms with Crippen LogP contribution in [0, 0.1) is 5.82 Å². The summed E-state index contributed by atoms with van der Waals surface area (Å²) in [7, 11) is 0. The molecule has 1 amide bonds. The molecule has 1 aromatic rings. The molecule has 1 saturated heterocycles. The van der Waals surface area contributed by atoms with Gasteiger partial charge in [-0.1, -0.05) is 42.5 Å². The Kier molecular flexibility index (Phi) is 5.86. The van der Waals surface area contributed by atoms with Gasteiger partial charge in [-0.2, -0.15) is 0 Å². The molecule has 2 aliphatic rings. The summed E-state index contributed by atoms with van der Waals surface area (Å²) >= 11 is 6.35. The normalized spacial score (nSPS) is 20.4. The molecule has 1 heterocycles. The monoisotopic (exact) mass is 379 g/mol. The van der Waals surface area contributed by atoms with Crippen LogP contribution in [0.25, 0.3) is 6.08 Å². The van der Waals surface area contributed by atoms with Crippen LogP contribution < -0.4 is 0 Å². The highest BCUT2D eigenvalue weighted by molar-refractivity contribution is 8.26. The van der Waals surface area contributed by atoms with Gasteiger partial charge in [0, 0.05) is 0 Å². The van der Waals surface area contributed by atoms with E-state index in [2.05, 4.69) is 0 Å². The maximum atomic E-state index is 13.0. The number of halogens is 1. The zero-order valence-electron chi connectivity index (χ0n) is 13.6. The Balaban J connectivity index is 1.62. The summed E-state index contributed by atoms with van der Waals surface area (Å²) in [4.78, 5) is 26.3. The van der Waals surface area contributed by atoms with Crippen LogP contribution in [0.4, 0.5) is 4.39 Å². The lowest BCUT2D eigenvalue weighted by Gasteiger charge is -2.23. The Morgan fingerprint density at radius 1 is 1.28 bits per heavy atom. The number of thioether (sulfide) groups is 1. The summed E-state index contributed by atoms with van der Waals surface area (Å²) in [5, 5.41) is 0. The second kappa shape index (κ2) is 8.10. The molecule has 132 valence electrons. The highest BCUT2D eigenvalue weighted by atomic mass is 32.2. The molecule has 25 heavy (non-hydrogen) atoms. The fourth-order valence-corrected chi connectivity index (χ4v) is 4.14. The first-order valence-corrected chi connectivity index (χ1v) is 9.46. The number of esters is 1. The molecule has 0 spiro atoms. The number of hydrogen-bond acceptors (Lipinski definition) is 5. The molecule has 3 rings (SSSR count). The highest BCUT2D eigenvalue weighted by Crippen LogP contribution is 2.32. The number of nitrogens with zero attached hydrogens (tertiary/aromatic N) is 1. The van der Waals surface area contributed by atoms with Crippen molar-refractivity contribution in [2.75, 3.05) is 6.54 Å². The predicted octanol–water partition coefficient (Wildman–Crippen LogP) is 3.90. The minimum atomic E-state index is -0.425. The highest BCUT2D eigenvalue weighted by Gasteiger charge is 2.34. The topological polar surface area (TPSA) is 46.6 Å². The van der Waals surface area contributed by atoms with Crippen LogP contribution in [0.2, 0.25) is 0 Å². The summed E-state index contributed by atoms with van der Waals surface area (Å²) in [5.74, 6) is -1.08. The van der Waals surface area contributed by atoms with Gasteiger partial charge in [0.2, 0.25) is 0 Å². The molecule has 0 N–H and O–H groups in total. The maximum Gasteiger partial charge on any atom is 0.326 e. The molecule has 1 aromatic carbocycles. The van der Waals surface area contributed by atoms with Gasteiger partial charge in [-0.05, 0) is 49.5 Å². The Morgan fingerprint density at radius 3 is 2.64 bits per heavy atom. The van der Waals surface area contributed by atoms with Crippen molar-refractivity contribution < 1.29 is 18.7 Å². The summed E-state index contributed by atoms with van der Waals surface area (Å²) in [6.45, 7) is -0.165. The summed E-state index contributed by atoms with van der Waals surface area (Å²) in [6, 6.07) is 5.82. The number of benzene rings is 1. The van der Waals surface area contributed by atoms with Gasteiger partial charge in [-0.25, -0.2) is 4.39 Å². The third-order valence-electron chi connectivity index (χ3n) is 4.18. The summed E-state index contributed by atoms with van der Waals surface area (Å²) in [6.07, 6.45) is 6.68. The Hall–Kier alpha value is -1.73. The number of hydrogen-bond donors (Lipinski definition) is 0. The lowest BCUT2D eigenvalue weighted by Crippen LogP contribution is -2.36. The molecular formula is C18H18FNO3S2. The smallest absolute Gasteiger partial charge is 0.326 e. The molecule has 1 aliphatic carbocycles. The second-order valence-corrected chi connectivity index (χ2v) is 7.75. The van der Waals surface area contributed by atoms with E-state index in [1.54, 1.807) is 18.2 Å². The Bertz CT molecular complexity index is 712. The van der Waals surface area contributed by atoms with Crippen molar-refractivity contribution in [2.45, 2.75) is 38.2 Å². The average Bonchev–Trinajstić information content (AvgIpc) is 2.85.